The van der Waals surface area contributed by atoms with E-state index in [0.29, 0.717) is 32.1 Å². The van der Waals surface area contributed by atoms with Crippen molar-refractivity contribution in [3.8, 4) is 0 Å². The Morgan fingerprint density at radius 1 is 1.13 bits per heavy atom. The summed E-state index contributed by atoms with van der Waals surface area (Å²) in [7, 11) is 0. The molecule has 0 aliphatic carbocycles. The number of morpholine rings is 1. The number of nitrogens with one attached hydrogen (secondary N) is 2. The zero-order valence-electron chi connectivity index (χ0n) is 17.5. The van der Waals surface area contributed by atoms with E-state index in [-0.39, 0.29) is 30.5 Å². The van der Waals surface area contributed by atoms with E-state index in [0.717, 1.165) is 11.1 Å². The van der Waals surface area contributed by atoms with Crippen LogP contribution in [-0.2, 0) is 16.1 Å². The zero-order valence-corrected chi connectivity index (χ0v) is 17.5. The first-order valence-corrected chi connectivity index (χ1v) is 10.3. The normalized spacial score (nSPS) is 19.4. The van der Waals surface area contributed by atoms with E-state index in [4.69, 9.17) is 4.74 Å². The molecule has 1 amide bonds. The predicted octanol–water partition coefficient (Wildman–Crippen LogP) is 2.87. The molecule has 2 atom stereocenters. The molecule has 160 valence electrons. The van der Waals surface area contributed by atoms with Gasteiger partial charge in [0, 0.05) is 19.6 Å². The van der Waals surface area contributed by atoms with Crippen LogP contribution in [0.25, 0.3) is 0 Å². The number of rotatable bonds is 6. The van der Waals surface area contributed by atoms with Gasteiger partial charge in [-0.3, -0.25) is 4.79 Å². The summed E-state index contributed by atoms with van der Waals surface area (Å²) in [4.78, 5) is 18.9. The number of aliphatic imine (C=N–C) groups is 1. The lowest BCUT2D eigenvalue weighted by Crippen LogP contribution is -2.51. The fourth-order valence-corrected chi connectivity index (χ4v) is 3.41. The van der Waals surface area contributed by atoms with Gasteiger partial charge >= 0.3 is 0 Å². The van der Waals surface area contributed by atoms with Crippen LogP contribution in [0.2, 0.25) is 0 Å². The van der Waals surface area contributed by atoms with E-state index in [9.17, 15) is 9.18 Å². The number of guanidine groups is 1. The Morgan fingerprint density at radius 2 is 1.87 bits per heavy atom. The summed E-state index contributed by atoms with van der Waals surface area (Å²) in [5.41, 5.74) is 1.97. The van der Waals surface area contributed by atoms with Gasteiger partial charge in [-0.15, -0.1) is 0 Å². The fraction of sp³-hybridized carbons (Fsp3) is 0.391. The highest BCUT2D eigenvalue weighted by Gasteiger charge is 2.28. The van der Waals surface area contributed by atoms with Gasteiger partial charge in [-0.25, -0.2) is 9.38 Å². The van der Waals surface area contributed by atoms with Crippen molar-refractivity contribution < 1.29 is 13.9 Å². The number of hydrogen-bond acceptors (Lipinski definition) is 3. The summed E-state index contributed by atoms with van der Waals surface area (Å²) in [5, 5.41) is 6.16. The summed E-state index contributed by atoms with van der Waals surface area (Å²) in [5.74, 6) is 0.274. The van der Waals surface area contributed by atoms with Crippen LogP contribution in [0.15, 0.2) is 59.6 Å². The molecule has 1 aliphatic heterocycles. The summed E-state index contributed by atoms with van der Waals surface area (Å²) in [6.07, 6.45) is -0.213. The summed E-state index contributed by atoms with van der Waals surface area (Å²) < 4.78 is 19.3. The van der Waals surface area contributed by atoms with Gasteiger partial charge in [0.2, 0.25) is 5.91 Å². The van der Waals surface area contributed by atoms with Crippen molar-refractivity contribution in [2.24, 2.45) is 4.99 Å². The molecule has 1 fully saturated rings. The third-order valence-corrected chi connectivity index (χ3v) is 4.84. The Kier molecular flexibility index (Phi) is 7.79. The molecule has 2 N–H and O–H groups in total. The molecule has 3 rings (SSSR count). The van der Waals surface area contributed by atoms with E-state index in [1.165, 1.54) is 12.1 Å². The molecule has 0 aromatic heterocycles. The van der Waals surface area contributed by atoms with Crippen LogP contribution in [0.5, 0.6) is 0 Å². The Morgan fingerprint density at radius 3 is 2.57 bits per heavy atom. The van der Waals surface area contributed by atoms with Gasteiger partial charge in [0.15, 0.2) is 5.96 Å². The number of halogens is 1. The monoisotopic (exact) mass is 412 g/mol. The number of benzene rings is 2. The topological polar surface area (TPSA) is 66.0 Å². The van der Waals surface area contributed by atoms with Gasteiger partial charge in [0.1, 0.15) is 18.5 Å². The van der Waals surface area contributed by atoms with Crippen molar-refractivity contribution in [3.63, 3.8) is 0 Å². The maximum Gasteiger partial charge on any atom is 0.242 e. The number of amides is 1. The van der Waals surface area contributed by atoms with Crippen LogP contribution in [0, 0.1) is 5.82 Å². The molecule has 1 saturated heterocycles. The van der Waals surface area contributed by atoms with Gasteiger partial charge in [-0.1, -0.05) is 42.5 Å². The summed E-state index contributed by atoms with van der Waals surface area (Å²) in [6, 6.07) is 16.2. The molecule has 0 spiro atoms. The first-order valence-electron chi connectivity index (χ1n) is 10.3. The molecule has 0 saturated carbocycles. The smallest absolute Gasteiger partial charge is 0.242 e. The molecule has 2 aromatic carbocycles. The molecule has 2 unspecified atom stereocenters. The Balaban J connectivity index is 1.63. The molecule has 6 nitrogen and oxygen atoms in total. The predicted molar refractivity (Wildman–Crippen MR) is 116 cm³/mol. The number of hydrogen-bond donors (Lipinski definition) is 2. The van der Waals surface area contributed by atoms with Crippen LogP contribution < -0.4 is 10.6 Å². The highest BCUT2D eigenvalue weighted by Crippen LogP contribution is 2.25. The zero-order chi connectivity index (χ0) is 21.3. The lowest BCUT2D eigenvalue weighted by molar-refractivity contribution is -0.119. The first-order chi connectivity index (χ1) is 14.5. The quantitative estimate of drug-likeness (QED) is 0.566. The van der Waals surface area contributed by atoms with Crippen LogP contribution >= 0.6 is 0 Å². The fourth-order valence-electron chi connectivity index (χ4n) is 3.41. The maximum atomic E-state index is 13.3. The Bertz CT molecular complexity index is 842. The van der Waals surface area contributed by atoms with Gasteiger partial charge in [-0.2, -0.15) is 0 Å². The summed E-state index contributed by atoms with van der Waals surface area (Å²) >= 11 is 0. The third kappa shape index (κ3) is 6.29. The minimum absolute atomic E-state index is 0.0235. The summed E-state index contributed by atoms with van der Waals surface area (Å²) in [6.45, 7) is 6.44. The highest BCUT2D eigenvalue weighted by atomic mass is 19.1. The van der Waals surface area contributed by atoms with Crippen molar-refractivity contribution >= 4 is 11.9 Å². The van der Waals surface area contributed by atoms with Gasteiger partial charge in [-0.05, 0) is 37.1 Å². The molecule has 7 heteroatoms. The molecule has 0 bridgehead atoms. The molecule has 2 aromatic rings. The second kappa shape index (κ2) is 10.7. The van der Waals surface area contributed by atoms with Gasteiger partial charge in [0.25, 0.3) is 0 Å². The molecular weight excluding hydrogens is 383 g/mol. The van der Waals surface area contributed by atoms with Crippen LogP contribution in [0.1, 0.15) is 31.1 Å². The van der Waals surface area contributed by atoms with Crippen molar-refractivity contribution in [1.29, 1.82) is 0 Å². The largest absolute Gasteiger partial charge is 0.367 e. The van der Waals surface area contributed by atoms with Crippen LogP contribution in [0.4, 0.5) is 4.39 Å². The van der Waals surface area contributed by atoms with E-state index < -0.39 is 0 Å². The SMILES string of the molecule is CCNC(=NCC(=O)NCc1ccccc1)N1CC(C)OC(c2ccc(F)cc2)C1. The van der Waals surface area contributed by atoms with Crippen molar-refractivity contribution in [3.05, 3.63) is 71.5 Å². The third-order valence-electron chi connectivity index (χ3n) is 4.84. The van der Waals surface area contributed by atoms with Crippen molar-refractivity contribution in [1.82, 2.24) is 15.5 Å². The van der Waals surface area contributed by atoms with Gasteiger partial charge < -0.3 is 20.3 Å². The van der Waals surface area contributed by atoms with Crippen molar-refractivity contribution in [2.45, 2.75) is 32.6 Å². The van der Waals surface area contributed by atoms with E-state index in [1.54, 1.807) is 12.1 Å². The average molecular weight is 413 g/mol. The second-order valence-electron chi connectivity index (χ2n) is 7.32. The minimum atomic E-state index is -0.268. The average Bonchev–Trinajstić information content (AvgIpc) is 2.76. The number of carbonyl (C=O) groups excluding carboxylic acids is 1. The number of nitrogens with zero attached hydrogens (tertiary/aromatic N) is 2. The second-order valence-corrected chi connectivity index (χ2v) is 7.32. The molecule has 30 heavy (non-hydrogen) atoms. The Hall–Kier alpha value is -2.93. The maximum absolute atomic E-state index is 13.3. The van der Waals surface area contributed by atoms with E-state index in [2.05, 4.69) is 20.5 Å². The minimum Gasteiger partial charge on any atom is -0.367 e. The molecule has 1 aliphatic rings. The van der Waals surface area contributed by atoms with Crippen LogP contribution in [0.3, 0.4) is 0 Å². The molecule has 0 radical (unpaired) electrons. The molecule has 1 heterocycles. The lowest BCUT2D eigenvalue weighted by atomic mass is 10.1. The van der Waals surface area contributed by atoms with E-state index in [1.807, 2.05) is 44.2 Å². The highest BCUT2D eigenvalue weighted by molar-refractivity contribution is 5.85. The van der Waals surface area contributed by atoms with Crippen LogP contribution in [-0.4, -0.2) is 49.0 Å². The Labute approximate surface area is 177 Å². The number of carbonyl (C=O) groups is 1. The van der Waals surface area contributed by atoms with Gasteiger partial charge in [0.05, 0.1) is 12.6 Å². The van der Waals surface area contributed by atoms with E-state index >= 15 is 0 Å². The number of ether oxygens (including phenoxy) is 1. The standard InChI is InChI=1S/C23H29FN4O2/c1-3-25-23(27-14-22(29)26-13-18-7-5-4-6-8-18)28-15-17(2)30-21(16-28)19-9-11-20(24)12-10-19/h4-12,17,21H,3,13-16H2,1-2H3,(H,25,27)(H,26,29). The van der Waals surface area contributed by atoms with Crippen molar-refractivity contribution in [2.75, 3.05) is 26.2 Å². The lowest BCUT2D eigenvalue weighted by Gasteiger charge is -2.38. The first kappa shape index (κ1) is 21.8. The molecular formula is C23H29FN4O2.